The molecule has 2 rings (SSSR count). The number of halogens is 1. The minimum Gasteiger partial charge on any atom is -0.397 e. The van der Waals surface area contributed by atoms with Crippen molar-refractivity contribution in [1.29, 1.82) is 0 Å². The minimum absolute atomic E-state index is 0.236. The summed E-state index contributed by atoms with van der Waals surface area (Å²) >= 11 is 5.83. The van der Waals surface area contributed by atoms with Crippen LogP contribution in [0.1, 0.15) is 13.3 Å². The van der Waals surface area contributed by atoms with Crippen LogP contribution in [0.2, 0.25) is 5.02 Å². The van der Waals surface area contributed by atoms with Crippen molar-refractivity contribution in [3.63, 3.8) is 0 Å². The van der Waals surface area contributed by atoms with E-state index in [4.69, 9.17) is 22.1 Å². The molecule has 1 aromatic rings. The fourth-order valence-electron chi connectivity index (χ4n) is 1.79. The third-order valence-corrected chi connectivity index (χ3v) is 2.97. The highest BCUT2D eigenvalue weighted by atomic mass is 35.5. The van der Waals surface area contributed by atoms with Crippen LogP contribution < -0.4 is 11.1 Å². The monoisotopic (exact) mass is 226 g/mol. The van der Waals surface area contributed by atoms with Crippen molar-refractivity contribution in [3.05, 3.63) is 23.2 Å². The van der Waals surface area contributed by atoms with E-state index in [0.29, 0.717) is 16.8 Å². The Balaban J connectivity index is 2.10. The van der Waals surface area contributed by atoms with Gasteiger partial charge in [-0.25, -0.2) is 0 Å². The SMILES string of the molecule is CC1OCCC1Nc1ccc(Cl)cc1N. The lowest BCUT2D eigenvalue weighted by molar-refractivity contribution is 0.121. The van der Waals surface area contributed by atoms with Gasteiger partial charge < -0.3 is 15.8 Å². The van der Waals surface area contributed by atoms with Crippen molar-refractivity contribution in [3.8, 4) is 0 Å². The van der Waals surface area contributed by atoms with Gasteiger partial charge in [0.15, 0.2) is 0 Å². The maximum atomic E-state index is 5.86. The summed E-state index contributed by atoms with van der Waals surface area (Å²) in [5, 5.41) is 4.04. The first-order chi connectivity index (χ1) is 7.16. The number of anilines is 2. The molecule has 2 atom stereocenters. The van der Waals surface area contributed by atoms with E-state index in [1.54, 1.807) is 6.07 Å². The third-order valence-electron chi connectivity index (χ3n) is 2.73. The number of hydrogen-bond acceptors (Lipinski definition) is 3. The molecule has 0 spiro atoms. The number of ether oxygens (including phenoxy) is 1. The first-order valence-electron chi connectivity index (χ1n) is 5.10. The van der Waals surface area contributed by atoms with Gasteiger partial charge in [0.25, 0.3) is 0 Å². The van der Waals surface area contributed by atoms with Crippen LogP contribution >= 0.6 is 11.6 Å². The number of nitrogen functional groups attached to an aromatic ring is 1. The molecule has 4 heteroatoms. The average molecular weight is 227 g/mol. The van der Waals surface area contributed by atoms with E-state index < -0.39 is 0 Å². The number of hydrogen-bond donors (Lipinski definition) is 2. The van der Waals surface area contributed by atoms with Crippen molar-refractivity contribution < 1.29 is 4.74 Å². The lowest BCUT2D eigenvalue weighted by Gasteiger charge is -2.18. The molecule has 1 aromatic carbocycles. The third kappa shape index (κ3) is 2.36. The predicted octanol–water partition coefficient (Wildman–Crippen LogP) is 2.51. The van der Waals surface area contributed by atoms with E-state index in [2.05, 4.69) is 12.2 Å². The highest BCUT2D eigenvalue weighted by molar-refractivity contribution is 6.31. The maximum absolute atomic E-state index is 5.86. The van der Waals surface area contributed by atoms with Crippen molar-refractivity contribution >= 4 is 23.0 Å². The summed E-state index contributed by atoms with van der Waals surface area (Å²) < 4.78 is 5.47. The second-order valence-corrected chi connectivity index (χ2v) is 4.28. The molecule has 15 heavy (non-hydrogen) atoms. The zero-order chi connectivity index (χ0) is 10.8. The lowest BCUT2D eigenvalue weighted by atomic mass is 10.1. The molecule has 0 aliphatic carbocycles. The van der Waals surface area contributed by atoms with Crippen molar-refractivity contribution in [1.82, 2.24) is 0 Å². The van der Waals surface area contributed by atoms with Gasteiger partial charge in [-0.05, 0) is 31.5 Å². The molecule has 0 saturated carbocycles. The Kier molecular flexibility index (Phi) is 3.03. The van der Waals surface area contributed by atoms with E-state index in [9.17, 15) is 0 Å². The number of rotatable bonds is 2. The molecule has 3 N–H and O–H groups in total. The molecule has 0 amide bonds. The molecule has 1 aliphatic rings. The molecule has 0 bridgehead atoms. The molecule has 1 aliphatic heterocycles. The van der Waals surface area contributed by atoms with E-state index in [-0.39, 0.29) is 6.10 Å². The van der Waals surface area contributed by atoms with Gasteiger partial charge in [0, 0.05) is 11.6 Å². The van der Waals surface area contributed by atoms with Crippen LogP contribution in [0.15, 0.2) is 18.2 Å². The van der Waals surface area contributed by atoms with Crippen LogP contribution in [0.5, 0.6) is 0 Å². The maximum Gasteiger partial charge on any atom is 0.0748 e. The van der Waals surface area contributed by atoms with Crippen LogP contribution in [0.25, 0.3) is 0 Å². The summed E-state index contributed by atoms with van der Waals surface area (Å²) in [5.41, 5.74) is 7.47. The minimum atomic E-state index is 0.236. The second-order valence-electron chi connectivity index (χ2n) is 3.85. The standard InChI is InChI=1S/C11H15ClN2O/c1-7-10(4-5-15-7)14-11-3-2-8(12)6-9(11)13/h2-3,6-7,10,14H,4-5,13H2,1H3. The molecule has 2 unspecified atom stereocenters. The fraction of sp³-hybridized carbons (Fsp3) is 0.455. The van der Waals surface area contributed by atoms with Gasteiger partial charge in [-0.2, -0.15) is 0 Å². The summed E-state index contributed by atoms with van der Waals surface area (Å²) in [6.45, 7) is 2.88. The van der Waals surface area contributed by atoms with Gasteiger partial charge in [0.1, 0.15) is 0 Å². The Morgan fingerprint density at radius 2 is 2.33 bits per heavy atom. The van der Waals surface area contributed by atoms with Crippen LogP contribution in [-0.4, -0.2) is 18.8 Å². The Morgan fingerprint density at radius 3 is 2.93 bits per heavy atom. The Bertz CT molecular complexity index is 356. The lowest BCUT2D eigenvalue weighted by Crippen LogP contribution is -2.27. The molecule has 0 aromatic heterocycles. The molecular weight excluding hydrogens is 212 g/mol. The van der Waals surface area contributed by atoms with Gasteiger partial charge >= 0.3 is 0 Å². The molecule has 1 saturated heterocycles. The van der Waals surface area contributed by atoms with Gasteiger partial charge in [-0.1, -0.05) is 11.6 Å². The zero-order valence-electron chi connectivity index (χ0n) is 8.66. The van der Waals surface area contributed by atoms with E-state index >= 15 is 0 Å². The van der Waals surface area contributed by atoms with E-state index in [1.165, 1.54) is 0 Å². The number of benzene rings is 1. The van der Waals surface area contributed by atoms with Crippen LogP contribution in [0.3, 0.4) is 0 Å². The van der Waals surface area contributed by atoms with Gasteiger partial charge in [0.2, 0.25) is 0 Å². The molecule has 1 fully saturated rings. The highest BCUT2D eigenvalue weighted by Crippen LogP contribution is 2.26. The first-order valence-corrected chi connectivity index (χ1v) is 5.48. The fourth-order valence-corrected chi connectivity index (χ4v) is 1.97. The second kappa shape index (κ2) is 4.29. The van der Waals surface area contributed by atoms with Crippen molar-refractivity contribution in [2.45, 2.75) is 25.5 Å². The van der Waals surface area contributed by atoms with Crippen molar-refractivity contribution in [2.75, 3.05) is 17.7 Å². The zero-order valence-corrected chi connectivity index (χ0v) is 9.42. The predicted molar refractivity (Wildman–Crippen MR) is 63.3 cm³/mol. The average Bonchev–Trinajstić information content (AvgIpc) is 2.57. The smallest absolute Gasteiger partial charge is 0.0748 e. The number of nitrogens with two attached hydrogens (primary N) is 1. The van der Waals surface area contributed by atoms with Gasteiger partial charge in [-0.15, -0.1) is 0 Å². The summed E-state index contributed by atoms with van der Waals surface area (Å²) in [7, 11) is 0. The van der Waals surface area contributed by atoms with E-state index in [0.717, 1.165) is 18.7 Å². The Labute approximate surface area is 94.6 Å². The Hall–Kier alpha value is -0.930. The highest BCUT2D eigenvalue weighted by Gasteiger charge is 2.24. The number of nitrogens with one attached hydrogen (secondary N) is 1. The van der Waals surface area contributed by atoms with Gasteiger partial charge in [0.05, 0.1) is 23.5 Å². The van der Waals surface area contributed by atoms with Crippen LogP contribution in [0.4, 0.5) is 11.4 Å². The van der Waals surface area contributed by atoms with Crippen LogP contribution in [-0.2, 0) is 4.74 Å². The summed E-state index contributed by atoms with van der Waals surface area (Å²) in [6.07, 6.45) is 1.25. The molecular formula is C11H15ClN2O. The van der Waals surface area contributed by atoms with Crippen molar-refractivity contribution in [2.24, 2.45) is 0 Å². The Morgan fingerprint density at radius 1 is 1.53 bits per heavy atom. The normalized spacial score (nSPS) is 25.5. The first kappa shape index (κ1) is 10.6. The van der Waals surface area contributed by atoms with Gasteiger partial charge in [-0.3, -0.25) is 0 Å². The molecule has 82 valence electrons. The summed E-state index contributed by atoms with van der Waals surface area (Å²) in [4.78, 5) is 0. The topological polar surface area (TPSA) is 47.3 Å². The largest absolute Gasteiger partial charge is 0.397 e. The van der Waals surface area contributed by atoms with Crippen LogP contribution in [0, 0.1) is 0 Å². The molecule has 3 nitrogen and oxygen atoms in total. The molecule has 0 radical (unpaired) electrons. The van der Waals surface area contributed by atoms with E-state index in [1.807, 2.05) is 12.1 Å². The summed E-state index contributed by atoms with van der Waals surface area (Å²) in [5.74, 6) is 0. The molecule has 1 heterocycles. The quantitative estimate of drug-likeness (QED) is 0.762. The summed E-state index contributed by atoms with van der Waals surface area (Å²) in [6, 6.07) is 5.84.